The summed E-state index contributed by atoms with van der Waals surface area (Å²) >= 11 is 0. The first-order valence-electron chi connectivity index (χ1n) is 9.40. The zero-order valence-corrected chi connectivity index (χ0v) is 16.8. The molecule has 1 aromatic carbocycles. The quantitative estimate of drug-likeness (QED) is 0.741. The molecule has 1 aromatic rings. The number of amidine groups is 1. The van der Waals surface area contributed by atoms with Crippen LogP contribution in [0.3, 0.4) is 0 Å². The Bertz CT molecular complexity index is 996. The van der Waals surface area contributed by atoms with Crippen molar-refractivity contribution >= 4 is 27.8 Å². The first kappa shape index (κ1) is 19.4. The maximum atomic E-state index is 12.5. The molecule has 0 spiro atoms. The minimum atomic E-state index is -3.27. The van der Waals surface area contributed by atoms with Gasteiger partial charge >= 0.3 is 12.1 Å². The Kier molecular flexibility index (Phi) is 5.03. The largest absolute Gasteiger partial charge is 0.431 e. The van der Waals surface area contributed by atoms with E-state index in [1.165, 1.54) is 23.3 Å². The van der Waals surface area contributed by atoms with E-state index in [0.29, 0.717) is 31.2 Å². The molecule has 1 saturated carbocycles. The number of nitrogens with one attached hydrogen (secondary N) is 1. The molecule has 154 valence electrons. The highest BCUT2D eigenvalue weighted by Crippen LogP contribution is 2.28. The lowest BCUT2D eigenvalue weighted by Gasteiger charge is -2.21. The molecule has 0 unspecified atom stereocenters. The van der Waals surface area contributed by atoms with Gasteiger partial charge in [0.05, 0.1) is 4.90 Å². The average molecular weight is 418 g/mol. The van der Waals surface area contributed by atoms with E-state index in [1.54, 1.807) is 17.0 Å². The standard InChI is InChI=1S/C19H22N4O5S/c1-29(26,27)15-6-4-14(5-7-15)11-22-8-9-23-16(12-28-19(23)21-18(22)25)17(24)20-10-13-2-3-13/h4-7,12-13H,2-3,8-11H2,1H3,(H,20,24). The van der Waals surface area contributed by atoms with Crippen LogP contribution < -0.4 is 5.32 Å². The van der Waals surface area contributed by atoms with Gasteiger partial charge in [-0.1, -0.05) is 12.1 Å². The molecule has 0 bridgehead atoms. The summed E-state index contributed by atoms with van der Waals surface area (Å²) in [5.74, 6) is 0.324. The summed E-state index contributed by atoms with van der Waals surface area (Å²) in [6, 6.07) is 6.02. The summed E-state index contributed by atoms with van der Waals surface area (Å²) in [7, 11) is -3.27. The number of nitrogens with zero attached hydrogens (tertiary/aromatic N) is 3. The minimum absolute atomic E-state index is 0.0986. The van der Waals surface area contributed by atoms with Crippen molar-refractivity contribution < 1.29 is 22.7 Å². The van der Waals surface area contributed by atoms with Crippen molar-refractivity contribution in [2.45, 2.75) is 24.3 Å². The van der Waals surface area contributed by atoms with Crippen molar-refractivity contribution in [1.82, 2.24) is 15.1 Å². The minimum Gasteiger partial charge on any atom is -0.431 e. The van der Waals surface area contributed by atoms with E-state index >= 15 is 0 Å². The first-order valence-corrected chi connectivity index (χ1v) is 11.3. The Morgan fingerprint density at radius 1 is 1.24 bits per heavy atom. The Balaban J connectivity index is 1.41. The molecule has 3 amide bonds. The molecule has 1 aliphatic carbocycles. The lowest BCUT2D eigenvalue weighted by atomic mass is 10.2. The van der Waals surface area contributed by atoms with Crippen LogP contribution in [0.4, 0.5) is 4.79 Å². The van der Waals surface area contributed by atoms with E-state index in [-0.39, 0.29) is 23.4 Å². The van der Waals surface area contributed by atoms with Crippen LogP contribution in [0.15, 0.2) is 46.1 Å². The highest BCUT2D eigenvalue weighted by Gasteiger charge is 2.34. The molecule has 10 heteroatoms. The summed E-state index contributed by atoms with van der Waals surface area (Å²) < 4.78 is 28.5. The van der Waals surface area contributed by atoms with Gasteiger partial charge in [0.25, 0.3) is 5.91 Å². The maximum absolute atomic E-state index is 12.5. The summed E-state index contributed by atoms with van der Waals surface area (Å²) in [5.41, 5.74) is 1.13. The molecule has 0 atom stereocenters. The third kappa shape index (κ3) is 4.42. The fraction of sp³-hybridized carbons (Fsp3) is 0.421. The molecule has 1 fully saturated rings. The van der Waals surface area contributed by atoms with Gasteiger partial charge in [0.15, 0.2) is 9.84 Å². The summed E-state index contributed by atoms with van der Waals surface area (Å²) in [5, 5.41) is 2.89. The second-order valence-electron chi connectivity index (χ2n) is 7.44. The van der Waals surface area contributed by atoms with Crippen LogP contribution in [0.2, 0.25) is 0 Å². The molecule has 2 aliphatic heterocycles. The normalized spacial score (nSPS) is 19.1. The van der Waals surface area contributed by atoms with E-state index in [0.717, 1.165) is 24.7 Å². The zero-order chi connectivity index (χ0) is 20.6. The van der Waals surface area contributed by atoms with Crippen LogP contribution in [-0.2, 0) is 25.9 Å². The smallest absolute Gasteiger partial charge is 0.348 e. The number of fused-ring (bicyclic) bond motifs is 1. The lowest BCUT2D eigenvalue weighted by Crippen LogP contribution is -2.38. The van der Waals surface area contributed by atoms with Crippen molar-refractivity contribution in [2.24, 2.45) is 10.9 Å². The molecule has 0 aromatic heterocycles. The maximum Gasteiger partial charge on any atom is 0.348 e. The second-order valence-corrected chi connectivity index (χ2v) is 9.46. The topological polar surface area (TPSA) is 108 Å². The lowest BCUT2D eigenvalue weighted by molar-refractivity contribution is -0.118. The Morgan fingerprint density at radius 3 is 2.62 bits per heavy atom. The molecule has 29 heavy (non-hydrogen) atoms. The fourth-order valence-corrected chi connectivity index (χ4v) is 3.78. The predicted molar refractivity (Wildman–Crippen MR) is 104 cm³/mol. The number of hydrogen-bond acceptors (Lipinski definition) is 6. The van der Waals surface area contributed by atoms with Crippen molar-refractivity contribution in [3.8, 4) is 0 Å². The third-order valence-corrected chi connectivity index (χ3v) is 6.19. The van der Waals surface area contributed by atoms with Gasteiger partial charge in [-0.2, -0.15) is 0 Å². The summed E-state index contributed by atoms with van der Waals surface area (Å²) in [4.78, 5) is 32.3. The van der Waals surface area contributed by atoms with Gasteiger partial charge in [0.2, 0.25) is 0 Å². The number of sulfone groups is 1. The van der Waals surface area contributed by atoms with Gasteiger partial charge in [-0.3, -0.25) is 9.69 Å². The number of benzene rings is 1. The Morgan fingerprint density at radius 2 is 1.97 bits per heavy atom. The summed E-state index contributed by atoms with van der Waals surface area (Å²) in [6.45, 7) is 1.64. The van der Waals surface area contributed by atoms with Crippen molar-refractivity contribution in [2.75, 3.05) is 25.9 Å². The predicted octanol–water partition coefficient (Wildman–Crippen LogP) is 1.08. The van der Waals surface area contributed by atoms with Crippen molar-refractivity contribution in [3.05, 3.63) is 41.8 Å². The Hall–Kier alpha value is -2.88. The van der Waals surface area contributed by atoms with Gasteiger partial charge < -0.3 is 15.0 Å². The number of rotatable bonds is 6. The zero-order valence-electron chi connectivity index (χ0n) is 16.0. The van der Waals surface area contributed by atoms with E-state index in [2.05, 4.69) is 10.3 Å². The number of hydrogen-bond donors (Lipinski definition) is 1. The molecule has 0 radical (unpaired) electrons. The number of urea groups is 1. The fourth-order valence-electron chi connectivity index (χ4n) is 3.15. The van der Waals surface area contributed by atoms with E-state index in [1.807, 2.05) is 0 Å². The molecular weight excluding hydrogens is 396 g/mol. The SMILES string of the molecule is CS(=O)(=O)c1ccc(CN2CCN3C(C(=O)NCC4CC4)=COC3=NC2=O)cc1. The molecule has 2 heterocycles. The number of amides is 3. The molecule has 4 rings (SSSR count). The molecule has 1 N–H and O–H groups in total. The van der Waals surface area contributed by atoms with Crippen molar-refractivity contribution in [3.63, 3.8) is 0 Å². The van der Waals surface area contributed by atoms with Gasteiger partial charge in [-0.05, 0) is 36.5 Å². The van der Waals surface area contributed by atoms with Crippen LogP contribution in [0.5, 0.6) is 0 Å². The monoisotopic (exact) mass is 418 g/mol. The molecule has 3 aliphatic rings. The van der Waals surface area contributed by atoms with E-state index < -0.39 is 15.9 Å². The van der Waals surface area contributed by atoms with Crippen LogP contribution >= 0.6 is 0 Å². The average Bonchev–Trinajstić information content (AvgIpc) is 3.45. The van der Waals surface area contributed by atoms with Gasteiger partial charge in [-0.25, -0.2) is 13.2 Å². The number of carbonyl (C=O) groups excluding carboxylic acids is 2. The Labute approximate surface area is 168 Å². The molecular formula is C19H22N4O5S. The van der Waals surface area contributed by atoms with Gasteiger partial charge in [-0.15, -0.1) is 4.99 Å². The van der Waals surface area contributed by atoms with E-state index in [4.69, 9.17) is 4.74 Å². The number of aliphatic imine (C=N–C) groups is 1. The number of carbonyl (C=O) groups is 2. The van der Waals surface area contributed by atoms with Crippen LogP contribution in [0, 0.1) is 5.92 Å². The second kappa shape index (κ2) is 7.51. The van der Waals surface area contributed by atoms with Crippen LogP contribution in [0.25, 0.3) is 0 Å². The molecule has 9 nitrogen and oxygen atoms in total. The molecule has 0 saturated heterocycles. The van der Waals surface area contributed by atoms with E-state index in [9.17, 15) is 18.0 Å². The van der Waals surface area contributed by atoms with Crippen molar-refractivity contribution in [1.29, 1.82) is 0 Å². The third-order valence-electron chi connectivity index (χ3n) is 5.06. The highest BCUT2D eigenvalue weighted by molar-refractivity contribution is 7.90. The van der Waals surface area contributed by atoms with Gasteiger partial charge in [0, 0.05) is 32.4 Å². The van der Waals surface area contributed by atoms with Gasteiger partial charge in [0.1, 0.15) is 12.0 Å². The number of ether oxygens (including phenoxy) is 1. The summed E-state index contributed by atoms with van der Waals surface area (Å²) in [6.07, 6.45) is 4.76. The first-order chi connectivity index (χ1) is 13.8. The van der Waals surface area contributed by atoms with Crippen LogP contribution in [-0.4, -0.2) is 62.1 Å². The highest BCUT2D eigenvalue weighted by atomic mass is 32.2. The van der Waals surface area contributed by atoms with Crippen LogP contribution in [0.1, 0.15) is 18.4 Å².